The number of rotatable bonds is 7. The Hall–Kier alpha value is -0.730. The molecule has 0 radical (unpaired) electrons. The smallest absolute Gasteiger partial charge is 0.333 e. The summed E-state index contributed by atoms with van der Waals surface area (Å²) < 4.78 is 20.9. The normalized spacial score (nSPS) is 14.6. The minimum Gasteiger partial charge on any atom is -0.460 e. The largest absolute Gasteiger partial charge is 0.460 e. The van der Waals surface area contributed by atoms with Crippen LogP contribution in [-0.2, 0) is 18.8 Å². The third-order valence-electron chi connectivity index (χ3n) is 1.93. The lowest BCUT2D eigenvalue weighted by molar-refractivity contribution is -0.141. The molecule has 0 aromatic rings. The lowest BCUT2D eigenvalue weighted by atomic mass is 10.3. The van der Waals surface area contributed by atoms with Crippen LogP contribution in [0, 0.1) is 0 Å². The maximum Gasteiger partial charge on any atom is 0.333 e. The minimum atomic E-state index is -0.685. The van der Waals surface area contributed by atoms with Crippen molar-refractivity contribution in [3.63, 3.8) is 0 Å². The highest BCUT2D eigenvalue weighted by atomic mass is 31.1. The van der Waals surface area contributed by atoms with Gasteiger partial charge in [-0.1, -0.05) is 13.5 Å². The van der Waals surface area contributed by atoms with Gasteiger partial charge in [-0.25, -0.2) is 4.79 Å². The first-order chi connectivity index (χ1) is 6.95. The fourth-order valence-corrected chi connectivity index (χ4v) is 0.985. The molecule has 0 aromatic heterocycles. The molecule has 86 valence electrons. The Morgan fingerprint density at radius 1 is 1.47 bits per heavy atom. The highest BCUT2D eigenvalue weighted by Crippen LogP contribution is 2.27. The Balaban J connectivity index is 3.76. The van der Waals surface area contributed by atoms with Crippen LogP contribution in [0.5, 0.6) is 0 Å². The van der Waals surface area contributed by atoms with Crippen molar-refractivity contribution < 1.29 is 18.8 Å². The molecule has 0 bridgehead atoms. The molecule has 0 saturated carbocycles. The Morgan fingerprint density at radius 2 is 2.07 bits per heavy atom. The predicted octanol–water partition coefficient (Wildman–Crippen LogP) is 2.54. The summed E-state index contributed by atoms with van der Waals surface area (Å²) in [6, 6.07) is 0. The zero-order valence-corrected chi connectivity index (χ0v) is 10.3. The van der Waals surface area contributed by atoms with Crippen LogP contribution in [0.25, 0.3) is 0 Å². The summed E-state index contributed by atoms with van der Waals surface area (Å²) in [5.74, 6) is -0.434. The standard InChI is InChI=1S/C10H17O4P/c1-5-10(4,15-12)14-7-6-13-9(11)8(2)3/h2,5-7H2,1,3-4H3. The number of hydrogen-bond acceptors (Lipinski definition) is 4. The van der Waals surface area contributed by atoms with Crippen molar-refractivity contribution in [3.05, 3.63) is 12.2 Å². The van der Waals surface area contributed by atoms with Crippen molar-refractivity contribution in [1.29, 1.82) is 0 Å². The second-order valence-electron chi connectivity index (χ2n) is 3.38. The van der Waals surface area contributed by atoms with Crippen LogP contribution >= 0.6 is 8.46 Å². The van der Waals surface area contributed by atoms with Gasteiger partial charge in [-0.2, -0.15) is 0 Å². The Bertz CT molecular complexity index is 252. The van der Waals surface area contributed by atoms with Crippen molar-refractivity contribution in [2.24, 2.45) is 0 Å². The molecule has 0 rings (SSSR count). The minimum absolute atomic E-state index is 0.0601. The highest BCUT2D eigenvalue weighted by molar-refractivity contribution is 7.25. The van der Waals surface area contributed by atoms with E-state index in [1.165, 1.54) is 0 Å². The first-order valence-corrected chi connectivity index (χ1v) is 5.57. The second kappa shape index (κ2) is 6.70. The van der Waals surface area contributed by atoms with Crippen molar-refractivity contribution in [1.82, 2.24) is 0 Å². The van der Waals surface area contributed by atoms with Gasteiger partial charge in [-0.05, 0) is 20.3 Å². The van der Waals surface area contributed by atoms with E-state index in [4.69, 9.17) is 9.47 Å². The van der Waals surface area contributed by atoms with Gasteiger partial charge in [-0.3, -0.25) is 4.57 Å². The van der Waals surface area contributed by atoms with Gasteiger partial charge in [0.05, 0.1) is 6.61 Å². The van der Waals surface area contributed by atoms with Gasteiger partial charge >= 0.3 is 5.97 Å². The molecule has 0 amide bonds. The van der Waals surface area contributed by atoms with Gasteiger partial charge in [0.1, 0.15) is 11.9 Å². The number of esters is 1. The van der Waals surface area contributed by atoms with Gasteiger partial charge in [0.15, 0.2) is 8.46 Å². The molecule has 1 unspecified atom stereocenters. The second-order valence-corrected chi connectivity index (χ2v) is 4.51. The van der Waals surface area contributed by atoms with Crippen LogP contribution in [0.15, 0.2) is 12.2 Å². The van der Waals surface area contributed by atoms with Gasteiger partial charge in [0.2, 0.25) is 0 Å². The monoisotopic (exact) mass is 232 g/mol. The van der Waals surface area contributed by atoms with Gasteiger partial charge in [0.25, 0.3) is 0 Å². The summed E-state index contributed by atoms with van der Waals surface area (Å²) in [5.41, 5.74) is 0.357. The lowest BCUT2D eigenvalue weighted by Crippen LogP contribution is -2.23. The average molecular weight is 232 g/mol. The number of hydrogen-bond donors (Lipinski definition) is 0. The Kier molecular flexibility index (Phi) is 6.37. The molecule has 5 heteroatoms. The maximum absolute atomic E-state index is 11.0. The molecule has 0 heterocycles. The molecule has 1 atom stereocenters. The molecule has 0 fully saturated rings. The predicted molar refractivity (Wildman–Crippen MR) is 58.0 cm³/mol. The number of carbonyl (C=O) groups is 1. The van der Waals surface area contributed by atoms with Crippen LogP contribution < -0.4 is 0 Å². The molecular formula is C10H17O4P. The van der Waals surface area contributed by atoms with E-state index in [0.717, 1.165) is 0 Å². The lowest BCUT2D eigenvalue weighted by Gasteiger charge is -2.20. The molecular weight excluding hydrogens is 215 g/mol. The number of ether oxygens (including phenoxy) is 2. The van der Waals surface area contributed by atoms with Gasteiger partial charge in [0, 0.05) is 5.57 Å². The quantitative estimate of drug-likeness (QED) is 0.293. The van der Waals surface area contributed by atoms with E-state index in [1.807, 2.05) is 6.92 Å². The van der Waals surface area contributed by atoms with E-state index in [9.17, 15) is 9.36 Å². The maximum atomic E-state index is 11.0. The number of carbonyl (C=O) groups excluding carboxylic acids is 1. The van der Waals surface area contributed by atoms with E-state index in [1.54, 1.807) is 13.8 Å². The molecule has 0 aromatic carbocycles. The fraction of sp³-hybridized carbons (Fsp3) is 0.700. The van der Waals surface area contributed by atoms with E-state index < -0.39 is 11.3 Å². The van der Waals surface area contributed by atoms with Crippen molar-refractivity contribution in [3.8, 4) is 0 Å². The molecule has 15 heavy (non-hydrogen) atoms. The van der Waals surface area contributed by atoms with E-state index >= 15 is 0 Å². The van der Waals surface area contributed by atoms with Crippen molar-refractivity contribution in [2.45, 2.75) is 32.5 Å². The summed E-state index contributed by atoms with van der Waals surface area (Å²) in [7, 11) is -0.0601. The van der Waals surface area contributed by atoms with Crippen LogP contribution in [0.4, 0.5) is 0 Å². The molecule has 4 nitrogen and oxygen atoms in total. The molecule has 0 N–H and O–H groups in total. The van der Waals surface area contributed by atoms with E-state index in [-0.39, 0.29) is 21.7 Å². The fourth-order valence-electron chi connectivity index (χ4n) is 0.712. The van der Waals surface area contributed by atoms with Gasteiger partial charge in [-0.15, -0.1) is 0 Å². The molecule has 0 aliphatic carbocycles. The molecule has 0 aliphatic heterocycles. The van der Waals surface area contributed by atoms with Crippen LogP contribution in [-0.4, -0.2) is 24.5 Å². The summed E-state index contributed by atoms with van der Waals surface area (Å²) in [6.07, 6.45) is 0.631. The first kappa shape index (κ1) is 14.3. The average Bonchev–Trinajstić information content (AvgIpc) is 2.23. The zero-order chi connectivity index (χ0) is 11.9. The van der Waals surface area contributed by atoms with E-state index in [2.05, 4.69) is 6.58 Å². The summed E-state index contributed by atoms with van der Waals surface area (Å²) in [5, 5.41) is -0.685. The van der Waals surface area contributed by atoms with Crippen LogP contribution in [0.2, 0.25) is 0 Å². The summed E-state index contributed by atoms with van der Waals surface area (Å²) in [6.45, 7) is 9.03. The molecule has 0 saturated heterocycles. The first-order valence-electron chi connectivity index (χ1n) is 4.76. The Morgan fingerprint density at radius 3 is 2.47 bits per heavy atom. The zero-order valence-electron chi connectivity index (χ0n) is 9.41. The SMILES string of the molecule is C=C(C)C(=O)OCCOC(C)(CC)P=O. The van der Waals surface area contributed by atoms with Crippen LogP contribution in [0.1, 0.15) is 27.2 Å². The van der Waals surface area contributed by atoms with Crippen LogP contribution in [0.3, 0.4) is 0 Å². The van der Waals surface area contributed by atoms with Crippen molar-refractivity contribution >= 4 is 14.4 Å². The summed E-state index contributed by atoms with van der Waals surface area (Å²) in [4.78, 5) is 11.0. The third-order valence-corrected chi connectivity index (χ3v) is 2.76. The van der Waals surface area contributed by atoms with E-state index in [0.29, 0.717) is 12.0 Å². The Labute approximate surface area is 91.8 Å². The molecule has 0 aliphatic rings. The summed E-state index contributed by atoms with van der Waals surface area (Å²) >= 11 is 0. The third kappa shape index (κ3) is 5.65. The topological polar surface area (TPSA) is 52.6 Å². The molecule has 0 spiro atoms. The van der Waals surface area contributed by atoms with Crippen molar-refractivity contribution in [2.75, 3.05) is 13.2 Å². The highest BCUT2D eigenvalue weighted by Gasteiger charge is 2.22. The van der Waals surface area contributed by atoms with Gasteiger partial charge < -0.3 is 9.47 Å².